The Balaban J connectivity index is 2.24. The van der Waals surface area contributed by atoms with Crippen molar-refractivity contribution in [1.29, 1.82) is 0 Å². The maximum absolute atomic E-state index is 13.0. The van der Waals surface area contributed by atoms with Crippen LogP contribution in [0.2, 0.25) is 0 Å². The molecule has 1 aliphatic heterocycles. The van der Waals surface area contributed by atoms with E-state index in [2.05, 4.69) is 0 Å². The number of hydrogen-bond acceptors (Lipinski definition) is 4. The van der Waals surface area contributed by atoms with Crippen molar-refractivity contribution < 1.29 is 14.3 Å². The zero-order valence-corrected chi connectivity index (χ0v) is 15.4. The Morgan fingerprint density at radius 2 is 1.74 bits per heavy atom. The zero-order valence-electron chi connectivity index (χ0n) is 15.4. The lowest BCUT2D eigenvalue weighted by atomic mass is 9.86. The highest BCUT2D eigenvalue weighted by molar-refractivity contribution is 5.89. The minimum atomic E-state index is -0.605. The molecule has 0 aromatic rings. The molecule has 0 aromatic heterocycles. The quantitative estimate of drug-likeness (QED) is 0.792. The van der Waals surface area contributed by atoms with Crippen molar-refractivity contribution in [3.8, 4) is 0 Å². The SMILES string of the molecule is CC(C)(C)OC(=O)[C@@H]1C[C@@H]2CCC[C@@H]2N1C(=O)[C@@H](N)C(C)(C)C. The Bertz CT molecular complexity index is 476. The molecular weight excluding hydrogens is 292 g/mol. The molecule has 1 heterocycles. The van der Waals surface area contributed by atoms with Gasteiger partial charge in [0, 0.05) is 6.04 Å². The van der Waals surface area contributed by atoms with E-state index < -0.39 is 17.7 Å². The van der Waals surface area contributed by atoms with Gasteiger partial charge in [-0.15, -0.1) is 0 Å². The van der Waals surface area contributed by atoms with E-state index in [1.54, 1.807) is 4.90 Å². The Labute approximate surface area is 139 Å². The van der Waals surface area contributed by atoms with Gasteiger partial charge in [0.2, 0.25) is 5.91 Å². The van der Waals surface area contributed by atoms with Crippen LogP contribution >= 0.6 is 0 Å². The Morgan fingerprint density at radius 1 is 1.13 bits per heavy atom. The topological polar surface area (TPSA) is 72.6 Å². The van der Waals surface area contributed by atoms with Crippen LogP contribution < -0.4 is 5.73 Å². The summed E-state index contributed by atoms with van der Waals surface area (Å²) in [6, 6.07) is -0.939. The molecular formula is C18H32N2O3. The molecule has 2 N–H and O–H groups in total. The average molecular weight is 324 g/mol. The average Bonchev–Trinajstić information content (AvgIpc) is 2.93. The lowest BCUT2D eigenvalue weighted by molar-refractivity contribution is -0.165. The van der Waals surface area contributed by atoms with Crippen LogP contribution in [0.4, 0.5) is 0 Å². The number of fused-ring (bicyclic) bond motifs is 1. The summed E-state index contributed by atoms with van der Waals surface area (Å²) in [4.78, 5) is 27.4. The third kappa shape index (κ3) is 3.87. The van der Waals surface area contributed by atoms with Crippen molar-refractivity contribution in [2.24, 2.45) is 17.1 Å². The summed E-state index contributed by atoms with van der Waals surface area (Å²) in [6.45, 7) is 11.4. The molecule has 4 atom stereocenters. The zero-order chi connectivity index (χ0) is 17.6. The molecule has 0 spiro atoms. The van der Waals surface area contributed by atoms with Crippen LogP contribution in [0.3, 0.4) is 0 Å². The van der Waals surface area contributed by atoms with Crippen LogP contribution in [0, 0.1) is 11.3 Å². The molecule has 1 aliphatic carbocycles. The minimum Gasteiger partial charge on any atom is -0.458 e. The first-order chi connectivity index (χ1) is 10.4. The summed E-state index contributed by atoms with van der Waals surface area (Å²) < 4.78 is 5.56. The standard InChI is InChI=1S/C18H32N2O3/c1-17(2,3)14(19)15(21)20-12-9-7-8-11(12)10-13(20)16(22)23-18(4,5)6/h11-14H,7-10,19H2,1-6H3/t11-,12-,13-,14+/m0/s1. The molecule has 0 bridgehead atoms. The molecule has 5 heteroatoms. The fourth-order valence-electron chi connectivity index (χ4n) is 3.72. The maximum Gasteiger partial charge on any atom is 0.329 e. The molecule has 5 nitrogen and oxygen atoms in total. The maximum atomic E-state index is 13.0. The predicted octanol–water partition coefficient (Wildman–Crippen LogP) is 2.47. The van der Waals surface area contributed by atoms with Gasteiger partial charge in [0.25, 0.3) is 0 Å². The Morgan fingerprint density at radius 3 is 2.26 bits per heavy atom. The lowest BCUT2D eigenvalue weighted by Gasteiger charge is -2.36. The summed E-state index contributed by atoms with van der Waals surface area (Å²) in [5.41, 5.74) is 5.33. The highest BCUT2D eigenvalue weighted by Gasteiger charge is 2.51. The van der Waals surface area contributed by atoms with Crippen molar-refractivity contribution in [2.75, 3.05) is 0 Å². The molecule has 0 aromatic carbocycles. The molecule has 23 heavy (non-hydrogen) atoms. The van der Waals surface area contributed by atoms with E-state index in [-0.39, 0.29) is 23.3 Å². The number of likely N-dealkylation sites (tertiary alicyclic amines) is 1. The monoisotopic (exact) mass is 324 g/mol. The highest BCUT2D eigenvalue weighted by atomic mass is 16.6. The second kappa shape index (κ2) is 6.08. The molecule has 2 fully saturated rings. The molecule has 2 aliphatic rings. The third-order valence-corrected chi connectivity index (χ3v) is 4.97. The lowest BCUT2D eigenvalue weighted by Crippen LogP contribution is -2.56. The number of esters is 1. The molecule has 1 saturated heterocycles. The largest absolute Gasteiger partial charge is 0.458 e. The van der Waals surface area contributed by atoms with Crippen molar-refractivity contribution in [2.45, 2.75) is 91.0 Å². The van der Waals surface area contributed by atoms with E-state index in [0.29, 0.717) is 12.3 Å². The van der Waals surface area contributed by atoms with Crippen LogP contribution in [-0.2, 0) is 14.3 Å². The summed E-state index contributed by atoms with van der Waals surface area (Å²) in [5.74, 6) is 0.00718. The van der Waals surface area contributed by atoms with Crippen LogP contribution in [0.1, 0.15) is 67.2 Å². The second-order valence-corrected chi connectivity index (χ2v) is 9.13. The number of carbonyl (C=O) groups excluding carboxylic acids is 2. The van der Waals surface area contributed by atoms with Crippen LogP contribution in [0.15, 0.2) is 0 Å². The summed E-state index contributed by atoms with van der Waals surface area (Å²) in [7, 11) is 0. The Kier molecular flexibility index (Phi) is 4.82. The smallest absolute Gasteiger partial charge is 0.329 e. The van der Waals surface area contributed by atoms with Crippen LogP contribution in [0.5, 0.6) is 0 Å². The van der Waals surface area contributed by atoms with Crippen LogP contribution in [0.25, 0.3) is 0 Å². The number of amides is 1. The first kappa shape index (κ1) is 18.2. The molecule has 1 amide bonds. The van der Waals surface area contributed by atoms with Gasteiger partial charge in [-0.2, -0.15) is 0 Å². The number of hydrogen-bond donors (Lipinski definition) is 1. The number of carbonyl (C=O) groups is 2. The van der Waals surface area contributed by atoms with E-state index in [1.165, 1.54) is 0 Å². The van der Waals surface area contributed by atoms with Gasteiger partial charge < -0.3 is 15.4 Å². The molecule has 1 saturated carbocycles. The summed E-state index contributed by atoms with van der Waals surface area (Å²) in [6.07, 6.45) is 3.87. The fraction of sp³-hybridized carbons (Fsp3) is 0.889. The van der Waals surface area contributed by atoms with Crippen molar-refractivity contribution in [3.63, 3.8) is 0 Å². The second-order valence-electron chi connectivity index (χ2n) is 9.13. The first-order valence-electron chi connectivity index (χ1n) is 8.72. The van der Waals surface area contributed by atoms with Gasteiger partial charge in [0.15, 0.2) is 0 Å². The molecule has 2 rings (SSSR count). The summed E-state index contributed by atoms with van der Waals surface area (Å²) >= 11 is 0. The van der Waals surface area contributed by atoms with Gasteiger partial charge >= 0.3 is 5.97 Å². The minimum absolute atomic E-state index is 0.109. The fourth-order valence-corrected chi connectivity index (χ4v) is 3.72. The third-order valence-electron chi connectivity index (χ3n) is 4.97. The predicted molar refractivity (Wildman–Crippen MR) is 89.7 cm³/mol. The normalized spacial score (nSPS) is 29.3. The summed E-state index contributed by atoms with van der Waals surface area (Å²) in [5, 5.41) is 0. The van der Waals surface area contributed by atoms with E-state index >= 15 is 0 Å². The number of rotatable bonds is 2. The van der Waals surface area contributed by atoms with Crippen molar-refractivity contribution >= 4 is 11.9 Å². The van der Waals surface area contributed by atoms with Gasteiger partial charge in [-0.25, -0.2) is 4.79 Å². The highest BCUT2D eigenvalue weighted by Crippen LogP contribution is 2.42. The van der Waals surface area contributed by atoms with Crippen molar-refractivity contribution in [3.05, 3.63) is 0 Å². The molecule has 132 valence electrons. The van der Waals surface area contributed by atoms with Gasteiger partial charge in [-0.3, -0.25) is 4.79 Å². The Hall–Kier alpha value is -1.10. The van der Waals surface area contributed by atoms with Gasteiger partial charge in [-0.1, -0.05) is 27.2 Å². The van der Waals surface area contributed by atoms with E-state index in [4.69, 9.17) is 10.5 Å². The van der Waals surface area contributed by atoms with Crippen molar-refractivity contribution in [1.82, 2.24) is 4.90 Å². The number of ether oxygens (including phenoxy) is 1. The van der Waals surface area contributed by atoms with E-state index in [0.717, 1.165) is 19.3 Å². The number of nitrogens with zero attached hydrogens (tertiary/aromatic N) is 1. The number of nitrogens with two attached hydrogens (primary N) is 1. The molecule has 0 unspecified atom stereocenters. The van der Waals surface area contributed by atoms with E-state index in [1.807, 2.05) is 41.5 Å². The molecule has 0 radical (unpaired) electrons. The van der Waals surface area contributed by atoms with Gasteiger partial charge in [-0.05, 0) is 51.4 Å². The first-order valence-corrected chi connectivity index (χ1v) is 8.72. The van der Waals surface area contributed by atoms with Gasteiger partial charge in [0.1, 0.15) is 11.6 Å². The van der Waals surface area contributed by atoms with E-state index in [9.17, 15) is 9.59 Å². The van der Waals surface area contributed by atoms with Crippen LogP contribution in [-0.4, -0.2) is 40.5 Å². The van der Waals surface area contributed by atoms with Gasteiger partial charge in [0.05, 0.1) is 6.04 Å².